The van der Waals surface area contributed by atoms with Gasteiger partial charge in [0, 0.05) is 29.7 Å². The molecule has 1 unspecified atom stereocenters. The Bertz CT molecular complexity index is 1070. The molecule has 0 amide bonds. The van der Waals surface area contributed by atoms with Gasteiger partial charge in [0.05, 0.1) is 17.9 Å². The summed E-state index contributed by atoms with van der Waals surface area (Å²) in [6, 6.07) is 12.1. The first-order valence-electron chi connectivity index (χ1n) is 8.84. The first-order valence-corrected chi connectivity index (χ1v) is 8.84. The van der Waals surface area contributed by atoms with Gasteiger partial charge in [0.1, 0.15) is 5.69 Å². The van der Waals surface area contributed by atoms with Crippen molar-refractivity contribution in [2.45, 2.75) is 26.8 Å². The minimum Gasteiger partial charge on any atom is -0.259 e. The molecule has 1 aromatic carbocycles. The molecule has 6 nitrogen and oxygen atoms in total. The lowest BCUT2D eigenvalue weighted by Crippen LogP contribution is -2.10. The minimum atomic E-state index is -0.0000597. The Kier molecular flexibility index (Phi) is 4.46. The fourth-order valence-corrected chi connectivity index (χ4v) is 3.05. The molecule has 0 saturated carbocycles. The van der Waals surface area contributed by atoms with Gasteiger partial charge in [0.25, 0.3) is 0 Å². The molecule has 0 fully saturated rings. The van der Waals surface area contributed by atoms with Gasteiger partial charge in [-0.05, 0) is 38.5 Å². The van der Waals surface area contributed by atoms with Crippen molar-refractivity contribution in [3.63, 3.8) is 0 Å². The number of aromatic nitrogens is 6. The van der Waals surface area contributed by atoms with Crippen LogP contribution in [0.4, 0.5) is 0 Å². The first kappa shape index (κ1) is 17.0. The zero-order valence-electron chi connectivity index (χ0n) is 15.5. The van der Waals surface area contributed by atoms with Crippen molar-refractivity contribution < 1.29 is 0 Å². The molecule has 27 heavy (non-hydrogen) atoms. The second-order valence-corrected chi connectivity index (χ2v) is 6.63. The molecule has 3 heterocycles. The van der Waals surface area contributed by atoms with Crippen LogP contribution >= 0.6 is 0 Å². The van der Waals surface area contributed by atoms with E-state index in [1.54, 1.807) is 18.6 Å². The summed E-state index contributed by atoms with van der Waals surface area (Å²) in [5.41, 5.74) is 5.88. The monoisotopic (exact) mass is 356 g/mol. The van der Waals surface area contributed by atoms with Crippen LogP contribution in [0.1, 0.15) is 29.8 Å². The zero-order valence-corrected chi connectivity index (χ0v) is 15.5. The lowest BCUT2D eigenvalue weighted by atomic mass is 10.1. The third-order valence-corrected chi connectivity index (χ3v) is 4.58. The molecule has 6 heteroatoms. The molecule has 1 atom stereocenters. The molecular formula is C21H20N6. The Morgan fingerprint density at radius 3 is 2.48 bits per heavy atom. The minimum absolute atomic E-state index is 0.0000597. The van der Waals surface area contributed by atoms with Gasteiger partial charge in [-0.15, -0.1) is 5.10 Å². The summed E-state index contributed by atoms with van der Waals surface area (Å²) in [4.78, 5) is 13.5. The van der Waals surface area contributed by atoms with Gasteiger partial charge in [-0.25, -0.2) is 14.6 Å². The van der Waals surface area contributed by atoms with Crippen LogP contribution in [0.3, 0.4) is 0 Å². The Morgan fingerprint density at radius 2 is 1.74 bits per heavy atom. The van der Waals surface area contributed by atoms with Crippen molar-refractivity contribution in [3.8, 4) is 22.6 Å². The van der Waals surface area contributed by atoms with E-state index < -0.39 is 0 Å². The van der Waals surface area contributed by atoms with Crippen LogP contribution in [-0.2, 0) is 0 Å². The largest absolute Gasteiger partial charge is 0.259 e. The number of hydrogen-bond donors (Lipinski definition) is 0. The fourth-order valence-electron chi connectivity index (χ4n) is 3.05. The molecule has 0 saturated heterocycles. The lowest BCUT2D eigenvalue weighted by molar-refractivity contribution is 0.529. The summed E-state index contributed by atoms with van der Waals surface area (Å²) >= 11 is 0. The lowest BCUT2D eigenvalue weighted by Gasteiger charge is -2.12. The van der Waals surface area contributed by atoms with E-state index in [1.165, 1.54) is 5.56 Å². The van der Waals surface area contributed by atoms with Crippen molar-refractivity contribution in [1.29, 1.82) is 0 Å². The molecular weight excluding hydrogens is 336 g/mol. The summed E-state index contributed by atoms with van der Waals surface area (Å²) in [5, 5.41) is 8.56. The van der Waals surface area contributed by atoms with E-state index >= 15 is 0 Å². The predicted molar refractivity (Wildman–Crippen MR) is 104 cm³/mol. The van der Waals surface area contributed by atoms with Crippen LogP contribution in [0.15, 0.2) is 61.2 Å². The van der Waals surface area contributed by atoms with Gasteiger partial charge in [0.15, 0.2) is 5.82 Å². The van der Waals surface area contributed by atoms with E-state index in [0.29, 0.717) is 5.82 Å². The predicted octanol–water partition coefficient (Wildman–Crippen LogP) is 4.02. The van der Waals surface area contributed by atoms with E-state index in [9.17, 15) is 0 Å². The van der Waals surface area contributed by atoms with Crippen LogP contribution in [-0.4, -0.2) is 29.9 Å². The molecule has 0 aliphatic heterocycles. The first-order chi connectivity index (χ1) is 13.1. The average molecular weight is 356 g/mol. The smallest absolute Gasteiger partial charge is 0.159 e. The third-order valence-electron chi connectivity index (χ3n) is 4.58. The molecule has 0 bridgehead atoms. The molecule has 0 aliphatic rings. The van der Waals surface area contributed by atoms with Gasteiger partial charge in [-0.3, -0.25) is 4.98 Å². The summed E-state index contributed by atoms with van der Waals surface area (Å²) in [6.45, 7) is 6.17. The summed E-state index contributed by atoms with van der Waals surface area (Å²) in [6.07, 6.45) is 7.28. The second-order valence-electron chi connectivity index (χ2n) is 6.63. The molecule has 0 spiro atoms. The van der Waals surface area contributed by atoms with Gasteiger partial charge in [-0.2, -0.15) is 0 Å². The van der Waals surface area contributed by atoms with Crippen molar-refractivity contribution >= 4 is 0 Å². The quantitative estimate of drug-likeness (QED) is 0.552. The van der Waals surface area contributed by atoms with Crippen LogP contribution in [0.25, 0.3) is 22.6 Å². The third kappa shape index (κ3) is 3.46. The zero-order chi connectivity index (χ0) is 18.8. The van der Waals surface area contributed by atoms with E-state index in [2.05, 4.69) is 64.2 Å². The van der Waals surface area contributed by atoms with Crippen molar-refractivity contribution in [1.82, 2.24) is 29.9 Å². The molecule has 4 aromatic rings. The van der Waals surface area contributed by atoms with Gasteiger partial charge in [-0.1, -0.05) is 35.0 Å². The molecule has 0 radical (unpaired) electrons. The van der Waals surface area contributed by atoms with Crippen molar-refractivity contribution in [2.24, 2.45) is 0 Å². The highest BCUT2D eigenvalue weighted by molar-refractivity contribution is 5.60. The maximum absolute atomic E-state index is 4.49. The maximum atomic E-state index is 4.49. The Labute approximate surface area is 158 Å². The number of rotatable bonds is 4. The van der Waals surface area contributed by atoms with Crippen LogP contribution < -0.4 is 0 Å². The van der Waals surface area contributed by atoms with E-state index in [4.69, 9.17) is 0 Å². The normalized spacial score (nSPS) is 12.1. The van der Waals surface area contributed by atoms with Crippen LogP contribution in [0.2, 0.25) is 0 Å². The molecule has 3 aromatic heterocycles. The highest BCUT2D eigenvalue weighted by Gasteiger charge is 2.15. The number of benzene rings is 1. The molecule has 0 N–H and O–H groups in total. The highest BCUT2D eigenvalue weighted by atomic mass is 15.4. The van der Waals surface area contributed by atoms with Gasteiger partial charge in [0.2, 0.25) is 0 Å². The summed E-state index contributed by atoms with van der Waals surface area (Å²) in [7, 11) is 0. The van der Waals surface area contributed by atoms with Crippen molar-refractivity contribution in [2.75, 3.05) is 0 Å². The van der Waals surface area contributed by atoms with Gasteiger partial charge < -0.3 is 0 Å². The molecule has 134 valence electrons. The number of pyridine rings is 1. The Morgan fingerprint density at radius 1 is 0.926 bits per heavy atom. The van der Waals surface area contributed by atoms with E-state index in [0.717, 1.165) is 28.1 Å². The number of aryl methyl sites for hydroxylation is 2. The standard InChI is InChI=1S/C21H20N6/c1-14-6-4-8-17(10-14)21-23-11-18(12-24-21)19-13-27(26-25-19)16(3)20-15(2)7-5-9-22-20/h4-13,16H,1-3H3. The average Bonchev–Trinajstić information content (AvgIpc) is 3.18. The Hall–Kier alpha value is -3.41. The fraction of sp³-hybridized carbons (Fsp3) is 0.190. The summed E-state index contributed by atoms with van der Waals surface area (Å²) < 4.78 is 1.82. The van der Waals surface area contributed by atoms with Crippen LogP contribution in [0, 0.1) is 13.8 Å². The Balaban J connectivity index is 1.59. The number of hydrogen-bond acceptors (Lipinski definition) is 5. The van der Waals surface area contributed by atoms with Crippen LogP contribution in [0.5, 0.6) is 0 Å². The van der Waals surface area contributed by atoms with Gasteiger partial charge >= 0.3 is 0 Å². The van der Waals surface area contributed by atoms with E-state index in [1.807, 2.05) is 29.1 Å². The number of nitrogens with zero attached hydrogens (tertiary/aromatic N) is 6. The highest BCUT2D eigenvalue weighted by Crippen LogP contribution is 2.22. The van der Waals surface area contributed by atoms with E-state index in [-0.39, 0.29) is 6.04 Å². The molecule has 4 rings (SSSR count). The second kappa shape index (κ2) is 7.07. The summed E-state index contributed by atoms with van der Waals surface area (Å²) in [5.74, 6) is 0.701. The maximum Gasteiger partial charge on any atom is 0.159 e. The van der Waals surface area contributed by atoms with Crippen molar-refractivity contribution in [3.05, 3.63) is 78.0 Å². The SMILES string of the molecule is Cc1cccc(-c2ncc(-c3cn(C(C)c4ncccc4C)nn3)cn2)c1. The topological polar surface area (TPSA) is 69.4 Å². The molecule has 0 aliphatic carbocycles.